The Morgan fingerprint density at radius 3 is 2.54 bits per heavy atom. The van der Waals surface area contributed by atoms with Gasteiger partial charge in [0.25, 0.3) is 0 Å². The third-order valence-electron chi connectivity index (χ3n) is 2.89. The Bertz CT molecular complexity index is 132. The molecule has 1 aliphatic rings. The van der Waals surface area contributed by atoms with E-state index in [1.807, 2.05) is 0 Å². The van der Waals surface area contributed by atoms with E-state index in [1.165, 1.54) is 38.8 Å². The van der Waals surface area contributed by atoms with Crippen LogP contribution in [0.4, 0.5) is 0 Å². The number of nitrogens with one attached hydrogen (secondary N) is 1. The van der Waals surface area contributed by atoms with Crippen LogP contribution in [0.5, 0.6) is 0 Å². The van der Waals surface area contributed by atoms with Crippen molar-refractivity contribution in [3.8, 4) is 0 Å². The maximum Gasteiger partial charge on any atom is 0.0215 e. The second-order valence-corrected chi connectivity index (χ2v) is 4.23. The molecular formula is C11H24N2. The average molecular weight is 184 g/mol. The van der Waals surface area contributed by atoms with E-state index >= 15 is 0 Å². The molecule has 1 N–H and O–H groups in total. The number of nitrogens with zero attached hydrogens (tertiary/aromatic N) is 1. The van der Waals surface area contributed by atoms with Crippen molar-refractivity contribution in [1.82, 2.24) is 10.2 Å². The zero-order valence-electron chi connectivity index (χ0n) is 9.34. The lowest BCUT2D eigenvalue weighted by molar-refractivity contribution is 0.229. The molecule has 0 spiro atoms. The van der Waals surface area contributed by atoms with Gasteiger partial charge in [0.1, 0.15) is 0 Å². The van der Waals surface area contributed by atoms with Crippen LogP contribution in [0.3, 0.4) is 0 Å². The summed E-state index contributed by atoms with van der Waals surface area (Å²) in [5, 5.41) is 3.61. The molecule has 0 aromatic carbocycles. The Kier molecular flexibility index (Phi) is 4.74. The van der Waals surface area contributed by atoms with Crippen LogP contribution in [0, 0.1) is 0 Å². The molecule has 1 fully saturated rings. The summed E-state index contributed by atoms with van der Waals surface area (Å²) >= 11 is 0. The second-order valence-electron chi connectivity index (χ2n) is 4.23. The molecule has 0 aliphatic heterocycles. The third kappa shape index (κ3) is 4.10. The van der Waals surface area contributed by atoms with Gasteiger partial charge in [0.05, 0.1) is 0 Å². The average Bonchev–Trinajstić information content (AvgIpc) is 2.89. The van der Waals surface area contributed by atoms with E-state index in [-0.39, 0.29) is 0 Å². The molecule has 1 rings (SSSR count). The molecule has 0 radical (unpaired) electrons. The summed E-state index contributed by atoms with van der Waals surface area (Å²) < 4.78 is 0. The van der Waals surface area contributed by atoms with Gasteiger partial charge < -0.3 is 10.2 Å². The van der Waals surface area contributed by atoms with Crippen molar-refractivity contribution in [2.45, 2.75) is 51.6 Å². The Morgan fingerprint density at radius 1 is 1.38 bits per heavy atom. The van der Waals surface area contributed by atoms with Crippen LogP contribution >= 0.6 is 0 Å². The first-order chi connectivity index (χ1) is 6.27. The highest BCUT2D eigenvalue weighted by Gasteiger charge is 2.22. The van der Waals surface area contributed by atoms with Gasteiger partial charge >= 0.3 is 0 Å². The lowest BCUT2D eigenvalue weighted by atomic mass is 10.2. The van der Waals surface area contributed by atoms with E-state index in [9.17, 15) is 0 Å². The van der Waals surface area contributed by atoms with Crippen molar-refractivity contribution in [3.05, 3.63) is 0 Å². The van der Waals surface area contributed by atoms with Gasteiger partial charge in [-0.2, -0.15) is 0 Å². The van der Waals surface area contributed by atoms with Crippen molar-refractivity contribution in [1.29, 1.82) is 0 Å². The number of hydrogen-bond acceptors (Lipinski definition) is 2. The highest BCUT2D eigenvalue weighted by atomic mass is 15.1. The van der Waals surface area contributed by atoms with Crippen molar-refractivity contribution in [2.75, 3.05) is 20.1 Å². The van der Waals surface area contributed by atoms with Crippen LogP contribution in [-0.4, -0.2) is 37.1 Å². The summed E-state index contributed by atoms with van der Waals surface area (Å²) in [6.45, 7) is 6.94. The zero-order chi connectivity index (χ0) is 9.68. The Balaban J connectivity index is 2.14. The van der Waals surface area contributed by atoms with E-state index in [2.05, 4.69) is 31.1 Å². The molecular weight excluding hydrogens is 160 g/mol. The van der Waals surface area contributed by atoms with Gasteiger partial charge in [0.15, 0.2) is 0 Å². The Hall–Kier alpha value is -0.0800. The molecule has 0 aromatic heterocycles. The highest BCUT2D eigenvalue weighted by molar-refractivity contribution is 4.83. The first-order valence-electron chi connectivity index (χ1n) is 5.71. The molecule has 2 nitrogen and oxygen atoms in total. The molecule has 78 valence electrons. The molecule has 0 aromatic rings. The minimum absolute atomic E-state index is 0.737. The smallest absolute Gasteiger partial charge is 0.0215 e. The lowest BCUT2D eigenvalue weighted by Crippen LogP contribution is -2.40. The fraction of sp³-hybridized carbons (Fsp3) is 1.00. The van der Waals surface area contributed by atoms with Gasteiger partial charge in [-0.05, 0) is 39.3 Å². The monoisotopic (exact) mass is 184 g/mol. The topological polar surface area (TPSA) is 15.3 Å². The van der Waals surface area contributed by atoms with Gasteiger partial charge in [-0.3, -0.25) is 0 Å². The normalized spacial score (nSPS) is 19.4. The Morgan fingerprint density at radius 2 is 2.08 bits per heavy atom. The summed E-state index contributed by atoms with van der Waals surface area (Å²) in [6.07, 6.45) is 5.31. The van der Waals surface area contributed by atoms with Crippen LogP contribution < -0.4 is 5.32 Å². The van der Waals surface area contributed by atoms with E-state index < -0.39 is 0 Å². The number of rotatable bonds is 7. The van der Waals surface area contributed by atoms with Gasteiger partial charge in [0.2, 0.25) is 0 Å². The number of likely N-dealkylation sites (N-methyl/N-ethyl adjacent to an activating group) is 1. The minimum atomic E-state index is 0.737. The Labute approximate surface area is 82.7 Å². The minimum Gasteiger partial charge on any atom is -0.312 e. The summed E-state index contributed by atoms with van der Waals surface area (Å²) in [5.74, 6) is 0. The van der Waals surface area contributed by atoms with Crippen LogP contribution in [-0.2, 0) is 0 Å². The maximum atomic E-state index is 3.61. The maximum absolute atomic E-state index is 3.61. The van der Waals surface area contributed by atoms with Crippen LogP contribution in [0.15, 0.2) is 0 Å². The SMILES string of the molecule is CCCN(C)C(CC)CNC1CC1. The molecule has 1 unspecified atom stereocenters. The van der Waals surface area contributed by atoms with Crippen LogP contribution in [0.2, 0.25) is 0 Å². The molecule has 0 saturated heterocycles. The van der Waals surface area contributed by atoms with Gasteiger partial charge in [-0.1, -0.05) is 13.8 Å². The second kappa shape index (κ2) is 5.61. The molecule has 0 bridgehead atoms. The van der Waals surface area contributed by atoms with E-state index in [0.29, 0.717) is 0 Å². The lowest BCUT2D eigenvalue weighted by Gasteiger charge is -2.27. The molecule has 13 heavy (non-hydrogen) atoms. The summed E-state index contributed by atoms with van der Waals surface area (Å²) in [4.78, 5) is 2.48. The van der Waals surface area contributed by atoms with Crippen LogP contribution in [0.1, 0.15) is 39.5 Å². The fourth-order valence-corrected chi connectivity index (χ4v) is 1.74. The van der Waals surface area contributed by atoms with Crippen LogP contribution in [0.25, 0.3) is 0 Å². The van der Waals surface area contributed by atoms with Gasteiger partial charge in [-0.25, -0.2) is 0 Å². The summed E-state index contributed by atoms with van der Waals surface area (Å²) in [5.41, 5.74) is 0. The van der Waals surface area contributed by atoms with Gasteiger partial charge in [-0.15, -0.1) is 0 Å². The molecule has 1 atom stereocenters. The molecule has 2 heteroatoms. The highest BCUT2D eigenvalue weighted by Crippen LogP contribution is 2.18. The van der Waals surface area contributed by atoms with Crippen molar-refractivity contribution in [2.24, 2.45) is 0 Å². The first kappa shape index (κ1) is 11.0. The van der Waals surface area contributed by atoms with Crippen molar-refractivity contribution < 1.29 is 0 Å². The summed E-state index contributed by atoms with van der Waals surface area (Å²) in [6, 6.07) is 1.59. The molecule has 1 aliphatic carbocycles. The van der Waals surface area contributed by atoms with E-state index in [0.717, 1.165) is 12.1 Å². The van der Waals surface area contributed by atoms with E-state index in [4.69, 9.17) is 0 Å². The zero-order valence-corrected chi connectivity index (χ0v) is 9.34. The van der Waals surface area contributed by atoms with Crippen molar-refractivity contribution in [3.63, 3.8) is 0 Å². The third-order valence-corrected chi connectivity index (χ3v) is 2.89. The standard InChI is InChI=1S/C11H24N2/c1-4-8-13(3)11(5-2)9-12-10-6-7-10/h10-12H,4-9H2,1-3H3. The fourth-order valence-electron chi connectivity index (χ4n) is 1.74. The molecule has 1 saturated carbocycles. The predicted molar refractivity (Wildman–Crippen MR) is 58.0 cm³/mol. The van der Waals surface area contributed by atoms with Crippen molar-refractivity contribution >= 4 is 0 Å². The number of hydrogen-bond donors (Lipinski definition) is 1. The summed E-state index contributed by atoms with van der Waals surface area (Å²) in [7, 11) is 2.24. The first-order valence-corrected chi connectivity index (χ1v) is 5.71. The molecule has 0 heterocycles. The van der Waals surface area contributed by atoms with Gasteiger partial charge in [0, 0.05) is 18.6 Å². The largest absolute Gasteiger partial charge is 0.312 e. The quantitative estimate of drug-likeness (QED) is 0.649. The predicted octanol–water partition coefficient (Wildman–Crippen LogP) is 1.86. The van der Waals surface area contributed by atoms with E-state index in [1.54, 1.807) is 0 Å². The molecule has 0 amide bonds.